The molecule has 1 aromatic carbocycles. The summed E-state index contributed by atoms with van der Waals surface area (Å²) in [6.45, 7) is 0.319. The van der Waals surface area contributed by atoms with E-state index in [2.05, 4.69) is 20.3 Å². The Morgan fingerprint density at radius 2 is 1.98 bits per heavy atom. The van der Waals surface area contributed by atoms with E-state index in [1.807, 2.05) is 0 Å². The minimum absolute atomic E-state index is 0.0423. The first-order valence-electron chi connectivity index (χ1n) is 12.8. The van der Waals surface area contributed by atoms with Crippen LogP contribution in [-0.4, -0.2) is 87.4 Å². The third-order valence-electron chi connectivity index (χ3n) is 6.77. The summed E-state index contributed by atoms with van der Waals surface area (Å²) in [7, 11) is 1.47. The SMILES string of the molecule is COc1ccccc1N1CC/C(=C\C2=C(C(=O)O)N3C(=O)[C@@H](NC(=O)/C(=N\OC(=O)C(F)(F)F)c4csc(N)n4)[C@H]3SC2)C1=O. The molecule has 0 radical (unpaired) electrons. The van der Waals surface area contributed by atoms with Crippen LogP contribution in [0.4, 0.5) is 24.0 Å². The fraction of sp³-hybridized carbons (Fsp3) is 0.269. The number of thiazole rings is 1. The fourth-order valence-electron chi connectivity index (χ4n) is 4.74. The molecule has 0 saturated carbocycles. The maximum Gasteiger partial charge on any atom is 0.493 e. The van der Waals surface area contributed by atoms with Crippen LogP contribution in [0.3, 0.4) is 0 Å². The van der Waals surface area contributed by atoms with Gasteiger partial charge in [0.05, 0.1) is 12.8 Å². The van der Waals surface area contributed by atoms with E-state index in [1.165, 1.54) is 23.5 Å². The van der Waals surface area contributed by atoms with Crippen LogP contribution in [0.15, 0.2) is 57.7 Å². The van der Waals surface area contributed by atoms with Gasteiger partial charge in [-0.3, -0.25) is 19.3 Å². The van der Waals surface area contributed by atoms with Crippen molar-refractivity contribution in [2.45, 2.75) is 24.0 Å². The lowest BCUT2D eigenvalue weighted by Crippen LogP contribution is -2.71. The second-order valence-corrected chi connectivity index (χ2v) is 11.5. The number of rotatable bonds is 8. The van der Waals surface area contributed by atoms with Gasteiger partial charge in [0.1, 0.15) is 28.6 Å². The number of nitrogens with one attached hydrogen (secondary N) is 1. The summed E-state index contributed by atoms with van der Waals surface area (Å²) in [6, 6.07) is 5.60. The van der Waals surface area contributed by atoms with Crippen molar-refractivity contribution in [1.29, 1.82) is 0 Å². The summed E-state index contributed by atoms with van der Waals surface area (Å²) >= 11 is 1.91. The van der Waals surface area contributed by atoms with E-state index >= 15 is 0 Å². The molecule has 0 bridgehead atoms. The quantitative estimate of drug-likeness (QED) is 0.122. The molecule has 2 saturated heterocycles. The number of β-lactam (4-membered cyclic amide) rings is 1. The lowest BCUT2D eigenvalue weighted by Gasteiger charge is -2.49. The molecule has 19 heteroatoms. The standard InChI is InChI=1S/C26H21F3N6O8S2/c1-42-15-5-3-2-4-14(15)34-7-6-11(20(34)37)8-12-9-44-22-17(21(38)35(22)18(12)23(39)40)32-19(36)16(13-10-45-25(30)31-13)33-43-24(41)26(27,28)29/h2-5,8,10,17,22H,6-7,9H2,1H3,(H2,30,31)(H,32,36)(H,39,40)/b11-8+,33-16-/t17-,22-/m1/s1. The van der Waals surface area contributed by atoms with Gasteiger partial charge in [0, 0.05) is 23.3 Å². The van der Waals surface area contributed by atoms with Gasteiger partial charge in [-0.1, -0.05) is 17.3 Å². The molecular formula is C26H21F3N6O8S2. The van der Waals surface area contributed by atoms with Gasteiger partial charge in [-0.25, -0.2) is 14.6 Å². The first-order chi connectivity index (χ1) is 21.3. The Labute approximate surface area is 259 Å². The number of carboxylic acid groups (broad SMARTS) is 1. The number of aliphatic carboxylic acids is 1. The summed E-state index contributed by atoms with van der Waals surface area (Å²) in [5.41, 5.74) is 5.03. The Kier molecular flexibility index (Phi) is 8.57. The van der Waals surface area contributed by atoms with Crippen molar-refractivity contribution in [1.82, 2.24) is 15.2 Å². The van der Waals surface area contributed by atoms with E-state index < -0.39 is 47.1 Å². The molecule has 4 N–H and O–H groups in total. The highest BCUT2D eigenvalue weighted by Crippen LogP contribution is 2.42. The molecular weight excluding hydrogens is 645 g/mol. The molecule has 45 heavy (non-hydrogen) atoms. The van der Waals surface area contributed by atoms with E-state index in [0.29, 0.717) is 30.0 Å². The van der Waals surface area contributed by atoms with Gasteiger partial charge in [-0.05, 0) is 30.2 Å². The summed E-state index contributed by atoms with van der Waals surface area (Å²) in [6.07, 6.45) is -3.66. The van der Waals surface area contributed by atoms with Gasteiger partial charge in [0.2, 0.25) is 0 Å². The number of benzene rings is 1. The molecule has 2 fully saturated rings. The molecule has 3 aliphatic heterocycles. The molecule has 2 aromatic rings. The van der Waals surface area contributed by atoms with E-state index in [9.17, 15) is 42.3 Å². The van der Waals surface area contributed by atoms with E-state index in [1.54, 1.807) is 24.3 Å². The number of hydrogen-bond acceptors (Lipinski definition) is 12. The molecule has 5 rings (SSSR count). The lowest BCUT2D eigenvalue weighted by atomic mass is 10.0. The number of nitrogens with two attached hydrogens (primary N) is 1. The number of para-hydroxylation sites is 2. The van der Waals surface area contributed by atoms with Gasteiger partial charge in [0.25, 0.3) is 17.7 Å². The Hall–Kier alpha value is -4.91. The fourth-order valence-corrected chi connectivity index (χ4v) is 6.60. The number of aromatic nitrogens is 1. The van der Waals surface area contributed by atoms with Gasteiger partial charge in [-0.2, -0.15) is 13.2 Å². The van der Waals surface area contributed by atoms with Crippen LogP contribution in [-0.2, 0) is 28.8 Å². The molecule has 0 aliphatic carbocycles. The zero-order chi connectivity index (χ0) is 32.6. The number of nitrogens with zero attached hydrogens (tertiary/aromatic N) is 4. The largest absolute Gasteiger partial charge is 0.495 e. The summed E-state index contributed by atoms with van der Waals surface area (Å²) < 4.78 is 43.2. The normalized spacial score (nSPS) is 21.1. The molecule has 0 unspecified atom stereocenters. The van der Waals surface area contributed by atoms with Crippen molar-refractivity contribution in [3.8, 4) is 5.75 Å². The Bertz CT molecular complexity index is 1700. The third-order valence-corrected chi connectivity index (χ3v) is 8.74. The maximum absolute atomic E-state index is 13.2. The number of halogens is 3. The second kappa shape index (κ2) is 12.2. The number of carboxylic acids is 1. The summed E-state index contributed by atoms with van der Waals surface area (Å²) in [5, 5.41) is 15.5. The average Bonchev–Trinajstić information content (AvgIpc) is 3.59. The molecule has 2 atom stereocenters. The topological polar surface area (TPSA) is 194 Å². The highest BCUT2D eigenvalue weighted by Gasteiger charge is 2.54. The number of carbonyl (C=O) groups excluding carboxylic acids is 4. The minimum atomic E-state index is -5.41. The van der Waals surface area contributed by atoms with Crippen LogP contribution >= 0.6 is 23.1 Å². The van der Waals surface area contributed by atoms with Gasteiger partial charge >= 0.3 is 18.1 Å². The zero-order valence-corrected chi connectivity index (χ0v) is 24.5. The molecule has 3 aliphatic rings. The van der Waals surface area contributed by atoms with E-state index in [-0.39, 0.29) is 33.8 Å². The Morgan fingerprint density at radius 1 is 1.24 bits per heavy atom. The monoisotopic (exact) mass is 666 g/mol. The van der Waals surface area contributed by atoms with Crippen LogP contribution in [0, 0.1) is 0 Å². The lowest BCUT2D eigenvalue weighted by molar-refractivity contribution is -0.199. The molecule has 0 spiro atoms. The number of fused-ring (bicyclic) bond motifs is 1. The number of alkyl halides is 3. The second-order valence-electron chi connectivity index (χ2n) is 9.48. The predicted octanol–water partition coefficient (Wildman–Crippen LogP) is 1.65. The summed E-state index contributed by atoms with van der Waals surface area (Å²) in [5.74, 6) is -6.04. The number of carbonyl (C=O) groups is 5. The summed E-state index contributed by atoms with van der Waals surface area (Å²) in [4.78, 5) is 73.0. The number of amides is 3. The van der Waals surface area contributed by atoms with Crippen molar-refractivity contribution >= 4 is 69.3 Å². The Balaban J connectivity index is 1.36. The molecule has 3 amide bonds. The highest BCUT2D eigenvalue weighted by molar-refractivity contribution is 8.00. The van der Waals surface area contributed by atoms with Crippen LogP contribution in [0.2, 0.25) is 0 Å². The van der Waals surface area contributed by atoms with Crippen LogP contribution < -0.4 is 20.7 Å². The highest BCUT2D eigenvalue weighted by atomic mass is 32.2. The number of thioether (sulfide) groups is 1. The van der Waals surface area contributed by atoms with Crippen molar-refractivity contribution in [3.05, 3.63) is 58.3 Å². The van der Waals surface area contributed by atoms with Crippen LogP contribution in [0.25, 0.3) is 0 Å². The number of oxime groups is 1. The van der Waals surface area contributed by atoms with Gasteiger partial charge in [-0.15, -0.1) is 23.1 Å². The number of methoxy groups -OCH3 is 1. The third kappa shape index (κ3) is 6.07. The average molecular weight is 667 g/mol. The number of allylic oxidation sites excluding steroid dienone is 1. The van der Waals surface area contributed by atoms with Crippen molar-refractivity contribution in [2.24, 2.45) is 5.16 Å². The first kappa shape index (κ1) is 31.5. The molecule has 4 heterocycles. The first-order valence-corrected chi connectivity index (χ1v) is 14.7. The molecule has 236 valence electrons. The van der Waals surface area contributed by atoms with Crippen molar-refractivity contribution < 1.29 is 51.8 Å². The van der Waals surface area contributed by atoms with Crippen molar-refractivity contribution in [3.63, 3.8) is 0 Å². The van der Waals surface area contributed by atoms with Gasteiger partial charge in [0.15, 0.2) is 10.8 Å². The molecule has 14 nitrogen and oxygen atoms in total. The zero-order valence-electron chi connectivity index (χ0n) is 22.9. The number of nitrogen functional groups attached to an aromatic ring is 1. The Morgan fingerprint density at radius 3 is 2.62 bits per heavy atom. The number of hydrogen-bond donors (Lipinski definition) is 3. The smallest absolute Gasteiger partial charge is 0.493 e. The van der Waals surface area contributed by atoms with Crippen LogP contribution in [0.5, 0.6) is 5.75 Å². The maximum atomic E-state index is 13.2. The minimum Gasteiger partial charge on any atom is -0.495 e. The number of anilines is 2. The molecule has 1 aromatic heterocycles. The van der Waals surface area contributed by atoms with Crippen molar-refractivity contribution in [2.75, 3.05) is 30.0 Å². The van der Waals surface area contributed by atoms with Gasteiger partial charge < -0.3 is 30.6 Å². The van der Waals surface area contributed by atoms with E-state index in [0.717, 1.165) is 28.0 Å². The predicted molar refractivity (Wildman–Crippen MR) is 153 cm³/mol. The van der Waals surface area contributed by atoms with E-state index in [4.69, 9.17) is 10.5 Å². The van der Waals surface area contributed by atoms with Crippen LogP contribution in [0.1, 0.15) is 12.1 Å². The number of ether oxygens (including phenoxy) is 1.